The Labute approximate surface area is 170 Å². The van der Waals surface area contributed by atoms with Gasteiger partial charge in [-0.15, -0.1) is 0 Å². The Morgan fingerprint density at radius 1 is 1.00 bits per heavy atom. The maximum atomic E-state index is 12.8. The summed E-state index contributed by atoms with van der Waals surface area (Å²) in [5.74, 6) is 0.628. The number of aryl methyl sites for hydroxylation is 1. The van der Waals surface area contributed by atoms with Crippen molar-refractivity contribution < 1.29 is 9.53 Å². The van der Waals surface area contributed by atoms with Gasteiger partial charge in [-0.25, -0.2) is 0 Å². The van der Waals surface area contributed by atoms with Gasteiger partial charge in [-0.1, -0.05) is 72.3 Å². The summed E-state index contributed by atoms with van der Waals surface area (Å²) in [5, 5.41) is 3.53. The Morgan fingerprint density at radius 2 is 1.75 bits per heavy atom. The first-order chi connectivity index (χ1) is 13.6. The standard InChI is InChI=1S/C24H22ClNO2/c1-18-8-7-12-21(16-18)28-15-14-26-24(27)22(19-9-3-2-4-10-19)17-20-11-5-6-13-23(20)25/h2-13,16-17H,14-15H2,1H3,(H,26,27)/b22-17+. The molecule has 0 bridgehead atoms. The van der Waals surface area contributed by atoms with E-state index in [1.54, 1.807) is 0 Å². The molecule has 0 heterocycles. The SMILES string of the molecule is Cc1cccc(OCCNC(=O)/C(=C/c2ccccc2Cl)c2ccccc2)c1. The van der Waals surface area contributed by atoms with Crippen LogP contribution in [0.15, 0.2) is 78.9 Å². The average molecular weight is 392 g/mol. The maximum Gasteiger partial charge on any atom is 0.252 e. The van der Waals surface area contributed by atoms with E-state index in [9.17, 15) is 4.79 Å². The van der Waals surface area contributed by atoms with Crippen molar-refractivity contribution in [1.29, 1.82) is 0 Å². The molecule has 0 radical (unpaired) electrons. The molecular formula is C24H22ClNO2. The van der Waals surface area contributed by atoms with E-state index < -0.39 is 0 Å². The van der Waals surface area contributed by atoms with Gasteiger partial charge in [0.2, 0.25) is 0 Å². The van der Waals surface area contributed by atoms with Gasteiger partial charge in [0.05, 0.1) is 6.54 Å². The smallest absolute Gasteiger partial charge is 0.252 e. The van der Waals surface area contributed by atoms with Crippen LogP contribution in [0.4, 0.5) is 0 Å². The van der Waals surface area contributed by atoms with Crippen LogP contribution >= 0.6 is 11.6 Å². The van der Waals surface area contributed by atoms with Crippen LogP contribution < -0.4 is 10.1 Å². The quantitative estimate of drug-likeness (QED) is 0.333. The van der Waals surface area contributed by atoms with E-state index >= 15 is 0 Å². The van der Waals surface area contributed by atoms with E-state index in [1.807, 2.05) is 91.9 Å². The zero-order chi connectivity index (χ0) is 19.8. The van der Waals surface area contributed by atoms with Crippen molar-refractivity contribution >= 4 is 29.2 Å². The molecule has 3 aromatic carbocycles. The van der Waals surface area contributed by atoms with Crippen molar-refractivity contribution in [3.05, 3.63) is 101 Å². The highest BCUT2D eigenvalue weighted by molar-refractivity contribution is 6.33. The Hall–Kier alpha value is -3.04. The molecule has 0 aliphatic rings. The summed E-state index contributed by atoms with van der Waals surface area (Å²) in [6.45, 7) is 2.81. The fourth-order valence-corrected chi connectivity index (χ4v) is 2.97. The second kappa shape index (κ2) is 9.77. The molecule has 1 amide bonds. The molecule has 0 atom stereocenters. The van der Waals surface area contributed by atoms with Gasteiger partial charge in [-0.05, 0) is 47.9 Å². The van der Waals surface area contributed by atoms with Gasteiger partial charge in [-0.3, -0.25) is 4.79 Å². The summed E-state index contributed by atoms with van der Waals surface area (Å²) in [6.07, 6.45) is 1.81. The first-order valence-corrected chi connectivity index (χ1v) is 9.50. The minimum absolute atomic E-state index is 0.168. The number of hydrogen-bond acceptors (Lipinski definition) is 2. The molecule has 28 heavy (non-hydrogen) atoms. The zero-order valence-corrected chi connectivity index (χ0v) is 16.4. The highest BCUT2D eigenvalue weighted by Crippen LogP contribution is 2.23. The fraction of sp³-hybridized carbons (Fsp3) is 0.125. The van der Waals surface area contributed by atoms with Gasteiger partial charge in [0.15, 0.2) is 0 Å². The Kier molecular flexibility index (Phi) is 6.88. The molecule has 3 aromatic rings. The molecule has 4 heteroatoms. The summed E-state index contributed by atoms with van der Waals surface area (Å²) >= 11 is 6.27. The first kappa shape index (κ1) is 19.7. The predicted molar refractivity (Wildman–Crippen MR) is 115 cm³/mol. The number of benzene rings is 3. The minimum atomic E-state index is -0.168. The van der Waals surface area contributed by atoms with Crippen LogP contribution in [-0.2, 0) is 4.79 Å². The number of ether oxygens (including phenoxy) is 1. The van der Waals surface area contributed by atoms with E-state index in [4.69, 9.17) is 16.3 Å². The predicted octanol–water partition coefficient (Wildman–Crippen LogP) is 5.38. The first-order valence-electron chi connectivity index (χ1n) is 9.13. The Bertz CT molecular complexity index is 967. The van der Waals surface area contributed by atoms with Crippen LogP contribution in [-0.4, -0.2) is 19.1 Å². The molecular weight excluding hydrogens is 370 g/mol. The molecule has 0 aliphatic carbocycles. The van der Waals surface area contributed by atoms with Gasteiger partial charge in [0.25, 0.3) is 5.91 Å². The lowest BCUT2D eigenvalue weighted by molar-refractivity contribution is -0.115. The summed E-state index contributed by atoms with van der Waals surface area (Å²) in [5.41, 5.74) is 3.33. The highest BCUT2D eigenvalue weighted by atomic mass is 35.5. The summed E-state index contributed by atoms with van der Waals surface area (Å²) in [6, 6.07) is 24.8. The van der Waals surface area contributed by atoms with Crippen molar-refractivity contribution in [2.24, 2.45) is 0 Å². The number of amides is 1. The minimum Gasteiger partial charge on any atom is -0.492 e. The normalized spacial score (nSPS) is 11.1. The molecule has 1 N–H and O–H groups in total. The van der Waals surface area contributed by atoms with Gasteiger partial charge in [0, 0.05) is 10.6 Å². The summed E-state index contributed by atoms with van der Waals surface area (Å²) in [7, 11) is 0. The number of hydrogen-bond donors (Lipinski definition) is 1. The van der Waals surface area contributed by atoms with Crippen LogP contribution in [0.25, 0.3) is 11.6 Å². The Morgan fingerprint density at radius 3 is 2.50 bits per heavy atom. The third-order valence-electron chi connectivity index (χ3n) is 4.18. The van der Waals surface area contributed by atoms with Gasteiger partial charge < -0.3 is 10.1 Å². The topological polar surface area (TPSA) is 38.3 Å². The van der Waals surface area contributed by atoms with Crippen molar-refractivity contribution in [2.45, 2.75) is 6.92 Å². The van der Waals surface area contributed by atoms with Crippen LogP contribution in [0, 0.1) is 6.92 Å². The molecule has 0 saturated carbocycles. The van der Waals surface area contributed by atoms with Crippen molar-refractivity contribution in [3.8, 4) is 5.75 Å². The monoisotopic (exact) mass is 391 g/mol. The molecule has 3 nitrogen and oxygen atoms in total. The lowest BCUT2D eigenvalue weighted by Gasteiger charge is -2.11. The number of carbonyl (C=O) groups excluding carboxylic acids is 1. The van der Waals surface area contributed by atoms with Crippen LogP contribution in [0.5, 0.6) is 5.75 Å². The average Bonchev–Trinajstić information content (AvgIpc) is 2.71. The maximum absolute atomic E-state index is 12.8. The largest absolute Gasteiger partial charge is 0.492 e. The number of rotatable bonds is 7. The lowest BCUT2D eigenvalue weighted by atomic mass is 10.0. The van der Waals surface area contributed by atoms with E-state index in [2.05, 4.69) is 5.32 Å². The zero-order valence-electron chi connectivity index (χ0n) is 15.7. The fourth-order valence-electron chi connectivity index (χ4n) is 2.78. The molecule has 3 rings (SSSR count). The van der Waals surface area contributed by atoms with Crippen LogP contribution in [0.1, 0.15) is 16.7 Å². The van der Waals surface area contributed by atoms with E-state index in [0.29, 0.717) is 23.7 Å². The molecule has 0 unspecified atom stereocenters. The van der Waals surface area contributed by atoms with Crippen LogP contribution in [0.3, 0.4) is 0 Å². The Balaban J connectivity index is 1.70. The molecule has 142 valence electrons. The number of carbonyl (C=O) groups is 1. The number of nitrogens with one attached hydrogen (secondary N) is 1. The highest BCUT2D eigenvalue weighted by Gasteiger charge is 2.12. The summed E-state index contributed by atoms with van der Waals surface area (Å²) in [4.78, 5) is 12.8. The van der Waals surface area contributed by atoms with Crippen molar-refractivity contribution in [1.82, 2.24) is 5.32 Å². The van der Waals surface area contributed by atoms with Gasteiger partial charge in [0.1, 0.15) is 12.4 Å². The molecule has 0 spiro atoms. The van der Waals surface area contributed by atoms with E-state index in [1.165, 1.54) is 0 Å². The van der Waals surface area contributed by atoms with Crippen LogP contribution in [0.2, 0.25) is 5.02 Å². The molecule has 0 aromatic heterocycles. The van der Waals surface area contributed by atoms with E-state index in [-0.39, 0.29) is 5.91 Å². The van der Waals surface area contributed by atoms with Gasteiger partial charge >= 0.3 is 0 Å². The van der Waals surface area contributed by atoms with E-state index in [0.717, 1.165) is 22.4 Å². The third-order valence-corrected chi connectivity index (χ3v) is 4.52. The molecule has 0 fully saturated rings. The van der Waals surface area contributed by atoms with Gasteiger partial charge in [-0.2, -0.15) is 0 Å². The second-order valence-electron chi connectivity index (χ2n) is 6.37. The number of halogens is 1. The van der Waals surface area contributed by atoms with Crippen molar-refractivity contribution in [3.63, 3.8) is 0 Å². The summed E-state index contributed by atoms with van der Waals surface area (Å²) < 4.78 is 5.70. The molecule has 0 saturated heterocycles. The van der Waals surface area contributed by atoms with Crippen molar-refractivity contribution in [2.75, 3.05) is 13.2 Å². The lowest BCUT2D eigenvalue weighted by Crippen LogP contribution is -2.28. The second-order valence-corrected chi connectivity index (χ2v) is 6.77. The molecule has 0 aliphatic heterocycles. The third kappa shape index (κ3) is 5.48.